The summed E-state index contributed by atoms with van der Waals surface area (Å²) in [4.78, 5) is 4.85. The first-order valence-corrected chi connectivity index (χ1v) is 23.0. The second-order valence-corrected chi connectivity index (χ2v) is 18.2. The first-order valence-electron chi connectivity index (χ1n) is 23.0. The highest BCUT2D eigenvalue weighted by molar-refractivity contribution is 6.30. The number of benzene rings is 12. The van der Waals surface area contributed by atoms with Crippen molar-refractivity contribution in [2.24, 2.45) is 0 Å². The summed E-state index contributed by atoms with van der Waals surface area (Å²) in [6, 6.07) is 81.7. The van der Waals surface area contributed by atoms with Crippen LogP contribution in [0.5, 0.6) is 0 Å². The van der Waals surface area contributed by atoms with E-state index in [0.29, 0.717) is 0 Å². The number of nitrogens with zero attached hydrogens (tertiary/aromatic N) is 2. The van der Waals surface area contributed by atoms with Crippen LogP contribution in [0.15, 0.2) is 218 Å². The molecule has 12 aromatic rings. The minimum Gasteiger partial charge on any atom is -0.310 e. The quantitative estimate of drug-likeness (QED) is 0.141. The first-order chi connectivity index (χ1) is 32.3. The third-order valence-electron chi connectivity index (χ3n) is 13.5. The lowest BCUT2D eigenvalue weighted by atomic mass is 9.84. The van der Waals surface area contributed by atoms with E-state index in [0.717, 1.165) is 34.1 Å². The maximum absolute atomic E-state index is 2.47. The number of fused-ring (bicyclic) bond motifs is 2. The molecule has 2 heteroatoms. The molecule has 0 saturated carbocycles. The van der Waals surface area contributed by atoms with Crippen LogP contribution in [0.4, 0.5) is 34.1 Å². The third kappa shape index (κ3) is 6.90. The van der Waals surface area contributed by atoms with E-state index < -0.39 is 0 Å². The molecule has 0 aromatic heterocycles. The first kappa shape index (κ1) is 39.4. The molecule has 314 valence electrons. The summed E-state index contributed by atoms with van der Waals surface area (Å²) >= 11 is 0. The average Bonchev–Trinajstić information content (AvgIpc) is 3.35. The highest BCUT2D eigenvalue weighted by Gasteiger charge is 2.24. The number of rotatable bonds is 8. The third-order valence-corrected chi connectivity index (χ3v) is 13.5. The van der Waals surface area contributed by atoms with Gasteiger partial charge >= 0.3 is 0 Å². The molecular formula is C64H48N2. The summed E-state index contributed by atoms with van der Waals surface area (Å²) in [7, 11) is 0. The van der Waals surface area contributed by atoms with Gasteiger partial charge in [0.05, 0.1) is 0 Å². The molecule has 0 bridgehead atoms. The Labute approximate surface area is 386 Å². The number of hydrogen-bond donors (Lipinski definition) is 0. The molecule has 0 atom stereocenters. The Morgan fingerprint density at radius 2 is 0.561 bits per heavy atom. The van der Waals surface area contributed by atoms with Crippen LogP contribution in [0.1, 0.15) is 22.3 Å². The molecule has 12 aromatic carbocycles. The molecule has 0 spiro atoms. The Bertz CT molecular complexity index is 3430. The van der Waals surface area contributed by atoms with E-state index in [4.69, 9.17) is 0 Å². The molecule has 0 saturated heterocycles. The Morgan fingerprint density at radius 1 is 0.242 bits per heavy atom. The van der Waals surface area contributed by atoms with Gasteiger partial charge < -0.3 is 9.80 Å². The standard InChI is InChI=1S/C64H48N2/c1-41-13-25-53(26-14-41)65(54-27-15-42(2)16-28-54)57-35-51-37-60(50-24-22-46-10-6-8-12-48(46)34-50)62-40-58(66(55-29-17-43(3)18-30-55)56-31-19-44(4)20-32-56)36-52-38-59(61(39-57)63(51)64(52)62)49-23-21-45-9-5-7-11-47(45)33-49/h5-40H,1-4H3. The van der Waals surface area contributed by atoms with Crippen LogP contribution in [0.2, 0.25) is 0 Å². The molecule has 0 aliphatic rings. The smallest absolute Gasteiger partial charge is 0.0474 e. The molecule has 0 radical (unpaired) electrons. The highest BCUT2D eigenvalue weighted by atomic mass is 15.1. The zero-order valence-corrected chi connectivity index (χ0v) is 37.7. The molecule has 0 N–H and O–H groups in total. The zero-order valence-electron chi connectivity index (χ0n) is 37.7. The van der Waals surface area contributed by atoms with E-state index in [1.54, 1.807) is 0 Å². The topological polar surface area (TPSA) is 6.48 Å². The molecule has 0 unspecified atom stereocenters. The summed E-state index contributed by atoms with van der Waals surface area (Å²) in [5.41, 5.74) is 16.5. The molecule has 66 heavy (non-hydrogen) atoms. The van der Waals surface area contributed by atoms with Crippen LogP contribution in [0.3, 0.4) is 0 Å². The van der Waals surface area contributed by atoms with E-state index in [2.05, 4.69) is 256 Å². The maximum Gasteiger partial charge on any atom is 0.0474 e. The minimum absolute atomic E-state index is 1.12. The predicted octanol–water partition coefficient (Wildman–Crippen LogP) is 18.4. The lowest BCUT2D eigenvalue weighted by Crippen LogP contribution is -2.11. The van der Waals surface area contributed by atoms with Gasteiger partial charge in [-0.1, -0.05) is 144 Å². The summed E-state index contributed by atoms with van der Waals surface area (Å²) in [5, 5.41) is 12.3. The van der Waals surface area contributed by atoms with Crippen LogP contribution in [0, 0.1) is 27.7 Å². The van der Waals surface area contributed by atoms with Gasteiger partial charge in [0.15, 0.2) is 0 Å². The number of aryl methyl sites for hydroxylation is 4. The summed E-state index contributed by atoms with van der Waals surface area (Å²) < 4.78 is 0. The van der Waals surface area contributed by atoms with Crippen LogP contribution < -0.4 is 9.80 Å². The summed E-state index contributed by atoms with van der Waals surface area (Å²) in [6.45, 7) is 8.63. The van der Waals surface area contributed by atoms with E-state index >= 15 is 0 Å². The minimum atomic E-state index is 1.12. The van der Waals surface area contributed by atoms with E-state index in [9.17, 15) is 0 Å². The molecule has 0 amide bonds. The van der Waals surface area contributed by atoms with E-state index in [1.165, 1.54) is 98.4 Å². The van der Waals surface area contributed by atoms with Crippen LogP contribution in [-0.2, 0) is 0 Å². The summed E-state index contributed by atoms with van der Waals surface area (Å²) in [5.74, 6) is 0. The molecule has 0 fully saturated rings. The van der Waals surface area contributed by atoms with Gasteiger partial charge in [0, 0.05) is 34.1 Å². The van der Waals surface area contributed by atoms with Crippen molar-refractivity contribution < 1.29 is 0 Å². The van der Waals surface area contributed by atoms with Crippen molar-refractivity contribution >= 4 is 88.0 Å². The van der Waals surface area contributed by atoms with Crippen molar-refractivity contribution in [2.75, 3.05) is 9.80 Å². The highest BCUT2D eigenvalue weighted by Crippen LogP contribution is 2.50. The van der Waals surface area contributed by atoms with Crippen molar-refractivity contribution in [1.29, 1.82) is 0 Å². The van der Waals surface area contributed by atoms with Gasteiger partial charge in [-0.3, -0.25) is 0 Å². The number of anilines is 6. The molecule has 0 heterocycles. The normalized spacial score (nSPS) is 11.6. The molecule has 0 aliphatic carbocycles. The Balaban J connectivity index is 1.22. The lowest BCUT2D eigenvalue weighted by Gasteiger charge is -2.29. The van der Waals surface area contributed by atoms with Crippen molar-refractivity contribution in [3.63, 3.8) is 0 Å². The second-order valence-electron chi connectivity index (χ2n) is 18.2. The van der Waals surface area contributed by atoms with Crippen LogP contribution in [0.25, 0.3) is 76.1 Å². The Kier molecular flexibility index (Phi) is 9.43. The lowest BCUT2D eigenvalue weighted by molar-refractivity contribution is 1.27. The van der Waals surface area contributed by atoms with Crippen molar-refractivity contribution in [1.82, 2.24) is 0 Å². The molecule has 2 nitrogen and oxygen atoms in total. The van der Waals surface area contributed by atoms with Gasteiger partial charge in [-0.15, -0.1) is 0 Å². The fraction of sp³-hybridized carbons (Fsp3) is 0.0625. The Hall–Kier alpha value is -8.20. The van der Waals surface area contributed by atoms with Gasteiger partial charge in [-0.2, -0.15) is 0 Å². The van der Waals surface area contributed by atoms with Crippen molar-refractivity contribution in [2.45, 2.75) is 27.7 Å². The number of hydrogen-bond acceptors (Lipinski definition) is 2. The van der Waals surface area contributed by atoms with Crippen LogP contribution >= 0.6 is 0 Å². The van der Waals surface area contributed by atoms with Crippen molar-refractivity contribution in [3.8, 4) is 22.3 Å². The van der Waals surface area contributed by atoms with Crippen molar-refractivity contribution in [3.05, 3.63) is 241 Å². The SMILES string of the molecule is Cc1ccc(N(c2ccc(C)cc2)c2cc3cc(-c4ccc5ccccc5c4)c4cc(N(c5ccc(C)cc5)c5ccc(C)cc5)cc5cc(-c6ccc7ccccc7c6)c(c2)c3c54)cc1. The zero-order chi connectivity index (χ0) is 44.5. The second kappa shape index (κ2) is 15.8. The van der Waals surface area contributed by atoms with E-state index in [1.807, 2.05) is 0 Å². The van der Waals surface area contributed by atoms with Gasteiger partial charge in [0.2, 0.25) is 0 Å². The molecular weight excluding hydrogens is 797 g/mol. The van der Waals surface area contributed by atoms with E-state index in [-0.39, 0.29) is 0 Å². The Morgan fingerprint density at radius 3 is 0.894 bits per heavy atom. The fourth-order valence-electron chi connectivity index (χ4n) is 10.1. The summed E-state index contributed by atoms with van der Waals surface area (Å²) in [6.07, 6.45) is 0. The van der Waals surface area contributed by atoms with Crippen LogP contribution in [-0.4, -0.2) is 0 Å². The van der Waals surface area contributed by atoms with Gasteiger partial charge in [-0.05, 0) is 201 Å². The average molecular weight is 845 g/mol. The molecule has 0 aliphatic heterocycles. The largest absolute Gasteiger partial charge is 0.310 e. The monoisotopic (exact) mass is 844 g/mol. The van der Waals surface area contributed by atoms with Gasteiger partial charge in [0.1, 0.15) is 0 Å². The predicted molar refractivity (Wildman–Crippen MR) is 284 cm³/mol. The van der Waals surface area contributed by atoms with Gasteiger partial charge in [-0.25, -0.2) is 0 Å². The van der Waals surface area contributed by atoms with Gasteiger partial charge in [0.25, 0.3) is 0 Å². The fourth-order valence-corrected chi connectivity index (χ4v) is 10.1. The molecule has 12 rings (SSSR count). The maximum atomic E-state index is 2.47.